The monoisotopic (exact) mass is 278 g/mol. The highest BCUT2D eigenvalue weighted by Crippen LogP contribution is 2.35. The fourth-order valence-corrected chi connectivity index (χ4v) is 2.17. The highest BCUT2D eigenvalue weighted by Gasteiger charge is 2.14. The summed E-state index contributed by atoms with van der Waals surface area (Å²) in [6.07, 6.45) is 0.676. The fourth-order valence-electron chi connectivity index (χ4n) is 1.91. The van der Waals surface area contributed by atoms with E-state index >= 15 is 0 Å². The normalized spacial score (nSPS) is 10.3. The van der Waals surface area contributed by atoms with E-state index in [1.165, 1.54) is 0 Å². The van der Waals surface area contributed by atoms with Crippen LogP contribution in [-0.4, -0.2) is 12.1 Å². The molecular formula is C14H15ClN2O2. The first-order valence-electron chi connectivity index (χ1n) is 5.90. The number of benzene rings is 1. The summed E-state index contributed by atoms with van der Waals surface area (Å²) in [5.41, 5.74) is 2.33. The topological polar surface area (TPSA) is 57.4 Å². The van der Waals surface area contributed by atoms with Gasteiger partial charge in [-0.15, -0.1) is 0 Å². The van der Waals surface area contributed by atoms with Crippen LogP contribution in [0.25, 0.3) is 11.3 Å². The van der Waals surface area contributed by atoms with Gasteiger partial charge in [-0.25, -0.2) is 4.98 Å². The first kappa shape index (κ1) is 13.6. The molecule has 5 heteroatoms. The fraction of sp³-hybridized carbons (Fsp3) is 0.214. The molecule has 1 aromatic carbocycles. The zero-order valence-electron chi connectivity index (χ0n) is 10.8. The van der Waals surface area contributed by atoms with E-state index in [4.69, 9.17) is 27.1 Å². The Morgan fingerprint density at radius 1 is 1.32 bits per heavy atom. The van der Waals surface area contributed by atoms with E-state index in [1.54, 1.807) is 13.2 Å². The smallest absolute Gasteiger partial charge is 0.186 e. The van der Waals surface area contributed by atoms with Crippen molar-refractivity contribution in [3.05, 3.63) is 41.0 Å². The molecule has 0 bridgehead atoms. The largest absolute Gasteiger partial charge is 0.496 e. The molecule has 0 radical (unpaired) electrons. The van der Waals surface area contributed by atoms with Crippen molar-refractivity contribution in [2.24, 2.45) is 5.90 Å². The predicted molar refractivity (Wildman–Crippen MR) is 75.4 cm³/mol. The second-order valence-corrected chi connectivity index (χ2v) is 4.34. The lowest BCUT2D eigenvalue weighted by atomic mass is 10.1. The molecule has 0 atom stereocenters. The van der Waals surface area contributed by atoms with Crippen molar-refractivity contribution < 1.29 is 9.57 Å². The second kappa shape index (κ2) is 5.91. The molecule has 0 amide bonds. The summed E-state index contributed by atoms with van der Waals surface area (Å²) in [5.74, 6) is 6.39. The number of pyridine rings is 1. The summed E-state index contributed by atoms with van der Waals surface area (Å²) in [7, 11) is 1.62. The van der Waals surface area contributed by atoms with Crippen LogP contribution in [0.4, 0.5) is 0 Å². The summed E-state index contributed by atoms with van der Waals surface area (Å²) in [6, 6.07) is 9.36. The Hall–Kier alpha value is -1.78. The molecule has 0 aliphatic rings. The maximum atomic E-state index is 6.17. The van der Waals surface area contributed by atoms with Gasteiger partial charge in [-0.1, -0.05) is 30.7 Å². The van der Waals surface area contributed by atoms with E-state index < -0.39 is 0 Å². The standard InChI is InChI=1S/C14H15ClN2O2/c1-3-11-14(19-16)10(15)8-12(17-11)9-6-4-5-7-13(9)18-2/h4-8H,3,16H2,1-2H3. The number of methoxy groups -OCH3 is 1. The molecule has 0 saturated carbocycles. The van der Waals surface area contributed by atoms with E-state index in [0.29, 0.717) is 17.2 Å². The van der Waals surface area contributed by atoms with Gasteiger partial charge in [0.1, 0.15) is 5.75 Å². The first-order valence-corrected chi connectivity index (χ1v) is 6.28. The van der Waals surface area contributed by atoms with Gasteiger partial charge in [-0.05, 0) is 24.6 Å². The number of hydrogen-bond acceptors (Lipinski definition) is 4. The van der Waals surface area contributed by atoms with Crippen LogP contribution in [-0.2, 0) is 6.42 Å². The molecular weight excluding hydrogens is 264 g/mol. The van der Waals surface area contributed by atoms with Crippen molar-refractivity contribution in [3.63, 3.8) is 0 Å². The molecule has 0 aliphatic heterocycles. The van der Waals surface area contributed by atoms with Crippen LogP contribution in [0, 0.1) is 0 Å². The molecule has 1 heterocycles. The summed E-state index contributed by atoms with van der Waals surface area (Å²) in [5, 5.41) is 0.440. The number of halogens is 1. The molecule has 0 spiro atoms. The van der Waals surface area contributed by atoms with Crippen LogP contribution < -0.4 is 15.5 Å². The van der Waals surface area contributed by atoms with Crippen LogP contribution in [0.15, 0.2) is 30.3 Å². The Labute approximate surface area is 117 Å². The lowest BCUT2D eigenvalue weighted by Crippen LogP contribution is -2.07. The number of nitrogens with two attached hydrogens (primary N) is 1. The maximum absolute atomic E-state index is 6.17. The molecule has 2 N–H and O–H groups in total. The quantitative estimate of drug-likeness (QED) is 0.873. The molecule has 0 aliphatic carbocycles. The minimum atomic E-state index is 0.419. The lowest BCUT2D eigenvalue weighted by molar-refractivity contribution is 0.329. The van der Waals surface area contributed by atoms with Gasteiger partial charge in [-0.3, -0.25) is 0 Å². The number of rotatable bonds is 4. The van der Waals surface area contributed by atoms with Gasteiger partial charge < -0.3 is 9.57 Å². The Morgan fingerprint density at radius 3 is 2.68 bits per heavy atom. The molecule has 4 nitrogen and oxygen atoms in total. The third-order valence-electron chi connectivity index (χ3n) is 2.83. The number of para-hydroxylation sites is 1. The van der Waals surface area contributed by atoms with Crippen molar-refractivity contribution in [1.29, 1.82) is 0 Å². The van der Waals surface area contributed by atoms with Crippen molar-refractivity contribution in [3.8, 4) is 22.8 Å². The van der Waals surface area contributed by atoms with Crippen molar-refractivity contribution in [1.82, 2.24) is 4.98 Å². The lowest BCUT2D eigenvalue weighted by Gasteiger charge is -2.12. The van der Waals surface area contributed by atoms with E-state index in [-0.39, 0.29) is 0 Å². The van der Waals surface area contributed by atoms with Crippen LogP contribution in [0.2, 0.25) is 5.02 Å². The number of nitrogens with zero attached hydrogens (tertiary/aromatic N) is 1. The third kappa shape index (κ3) is 2.64. The Morgan fingerprint density at radius 2 is 2.05 bits per heavy atom. The molecule has 100 valence electrons. The van der Waals surface area contributed by atoms with Crippen molar-refractivity contribution in [2.75, 3.05) is 7.11 Å². The van der Waals surface area contributed by atoms with Crippen molar-refractivity contribution >= 4 is 11.6 Å². The van der Waals surface area contributed by atoms with Gasteiger partial charge in [0.25, 0.3) is 0 Å². The molecule has 2 aromatic rings. The van der Waals surface area contributed by atoms with Crippen molar-refractivity contribution in [2.45, 2.75) is 13.3 Å². The molecule has 1 aromatic heterocycles. The van der Waals surface area contributed by atoms with E-state index in [1.807, 2.05) is 31.2 Å². The third-order valence-corrected chi connectivity index (χ3v) is 3.11. The Bertz CT molecular complexity index is 588. The Balaban J connectivity index is 2.60. The van der Waals surface area contributed by atoms with Gasteiger partial charge >= 0.3 is 0 Å². The first-order chi connectivity index (χ1) is 9.21. The summed E-state index contributed by atoms with van der Waals surface area (Å²) >= 11 is 6.17. The average Bonchev–Trinajstić information content (AvgIpc) is 2.46. The van der Waals surface area contributed by atoms with Gasteiger partial charge in [-0.2, -0.15) is 5.90 Å². The number of hydrogen-bond donors (Lipinski definition) is 1. The van der Waals surface area contributed by atoms with Gasteiger partial charge in [0, 0.05) is 5.56 Å². The van der Waals surface area contributed by atoms with Gasteiger partial charge in [0.05, 0.1) is 23.5 Å². The molecule has 2 rings (SSSR count). The Kier molecular flexibility index (Phi) is 4.24. The number of aromatic nitrogens is 1. The van der Waals surface area contributed by atoms with Crippen LogP contribution in [0.1, 0.15) is 12.6 Å². The molecule has 0 fully saturated rings. The van der Waals surface area contributed by atoms with E-state index in [9.17, 15) is 0 Å². The van der Waals surface area contributed by atoms with E-state index in [0.717, 1.165) is 22.7 Å². The van der Waals surface area contributed by atoms with Gasteiger partial charge in [0.15, 0.2) is 5.75 Å². The molecule has 19 heavy (non-hydrogen) atoms. The maximum Gasteiger partial charge on any atom is 0.186 e. The summed E-state index contributed by atoms with van der Waals surface area (Å²) in [6.45, 7) is 1.97. The zero-order valence-corrected chi connectivity index (χ0v) is 11.6. The highest BCUT2D eigenvalue weighted by atomic mass is 35.5. The van der Waals surface area contributed by atoms with Crippen LogP contribution in [0.5, 0.6) is 11.5 Å². The van der Waals surface area contributed by atoms with Crippen LogP contribution >= 0.6 is 11.6 Å². The minimum absolute atomic E-state index is 0.419. The molecule has 0 saturated heterocycles. The summed E-state index contributed by atoms with van der Waals surface area (Å²) < 4.78 is 5.33. The number of ether oxygens (including phenoxy) is 1. The molecule has 0 unspecified atom stereocenters. The summed E-state index contributed by atoms with van der Waals surface area (Å²) in [4.78, 5) is 9.32. The van der Waals surface area contributed by atoms with Gasteiger partial charge in [0.2, 0.25) is 0 Å². The minimum Gasteiger partial charge on any atom is -0.496 e. The second-order valence-electron chi connectivity index (χ2n) is 3.94. The average molecular weight is 279 g/mol. The number of aryl methyl sites for hydroxylation is 1. The van der Waals surface area contributed by atoms with E-state index in [2.05, 4.69) is 4.98 Å². The van der Waals surface area contributed by atoms with Crippen LogP contribution in [0.3, 0.4) is 0 Å². The SMILES string of the molecule is CCc1nc(-c2ccccc2OC)cc(Cl)c1ON. The predicted octanol–water partition coefficient (Wildman–Crippen LogP) is 3.23. The zero-order chi connectivity index (χ0) is 13.8. The highest BCUT2D eigenvalue weighted by molar-refractivity contribution is 6.32.